The number of H-pyrrole nitrogens is 4. The lowest BCUT2D eigenvalue weighted by Crippen LogP contribution is -2.43. The first-order valence-corrected chi connectivity index (χ1v) is 49.8. The monoisotopic (exact) mass is 2100 g/mol. The van der Waals surface area contributed by atoms with Gasteiger partial charge in [0.15, 0.2) is 5.82 Å². The number of pyridine rings is 5. The van der Waals surface area contributed by atoms with Gasteiger partial charge in [0, 0.05) is 138 Å². The second kappa shape index (κ2) is 42.6. The number of aromatic amines is 4. The Hall–Kier alpha value is -15.1. The Bertz CT molecular complexity index is 7360. The van der Waals surface area contributed by atoms with Gasteiger partial charge in [0.05, 0.1) is 195 Å². The normalized spacial score (nSPS) is 19.2. The number of piperidine rings is 1. The molecule has 0 unspecified atom stereocenters. The number of morpholine rings is 4. The summed E-state index contributed by atoms with van der Waals surface area (Å²) in [7, 11) is 0. The fourth-order valence-corrected chi connectivity index (χ4v) is 19.8. The third-order valence-corrected chi connectivity index (χ3v) is 27.1. The molecule has 0 aromatic carbocycles. The van der Waals surface area contributed by atoms with Gasteiger partial charge >= 0.3 is 6.18 Å². The summed E-state index contributed by atoms with van der Waals surface area (Å²) in [5.74, 6) is 1.31. The number of primary amides is 1. The van der Waals surface area contributed by atoms with Crippen molar-refractivity contribution < 1.29 is 41.3 Å². The highest BCUT2D eigenvalue weighted by atomic mass is 35.5. The number of rotatable bonds is 15. The molecule has 0 aliphatic carbocycles. The highest BCUT2D eigenvalue weighted by Gasteiger charge is 2.38. The van der Waals surface area contributed by atoms with Crippen LogP contribution in [-0.2, 0) is 29.9 Å². The average molecular weight is 2100 g/mol. The van der Waals surface area contributed by atoms with Crippen molar-refractivity contribution in [2.75, 3.05) is 89.9 Å². The van der Waals surface area contributed by atoms with Crippen molar-refractivity contribution >= 4 is 110 Å². The van der Waals surface area contributed by atoms with Gasteiger partial charge in [-0.15, -0.1) is 0 Å². The molecule has 19 aromatic heterocycles. The number of ether oxygens (including phenoxy) is 4. The van der Waals surface area contributed by atoms with Crippen molar-refractivity contribution in [2.45, 2.75) is 151 Å². The molecule has 1 amide bonds. The number of aromatic nitrogens is 28. The predicted molar refractivity (Wildman–Crippen MR) is 554 cm³/mol. The number of anilines is 5. The Morgan fingerprint density at radius 2 is 0.651 bits per heavy atom. The van der Waals surface area contributed by atoms with E-state index < -0.39 is 23.5 Å². The number of aryl methyl sites for hydroxylation is 8. The van der Waals surface area contributed by atoms with Gasteiger partial charge in [-0.2, -0.15) is 33.6 Å². The largest absolute Gasteiger partial charge is 0.417 e. The van der Waals surface area contributed by atoms with Crippen molar-refractivity contribution in [1.29, 1.82) is 0 Å². The first-order valence-electron chi connectivity index (χ1n) is 48.3. The number of carbonyl (C=O) groups excluding carboxylic acids is 1. The number of halogens is 8. The Morgan fingerprint density at radius 1 is 0.356 bits per heavy atom. The third kappa shape index (κ3) is 22.2. The molecule has 47 heteroatoms. The lowest BCUT2D eigenvalue weighted by Gasteiger charge is -2.37. The molecule has 24 heterocycles. The van der Waals surface area contributed by atoms with Crippen molar-refractivity contribution in [2.24, 2.45) is 11.7 Å². The fraction of sp³-hybridized carbons (Fsp3) is 0.333. The van der Waals surface area contributed by atoms with Gasteiger partial charge in [-0.1, -0.05) is 46.4 Å². The Balaban J connectivity index is 0.000000113. The second-order valence-electron chi connectivity index (χ2n) is 37.7. The lowest BCUT2D eigenvalue weighted by atomic mass is 9.98. The number of alkyl halides is 3. The van der Waals surface area contributed by atoms with Crippen LogP contribution < -0.4 is 30.2 Å². The molecule has 5 aliphatic heterocycles. The number of imidazole rings is 5. The van der Waals surface area contributed by atoms with E-state index in [1.54, 1.807) is 4.90 Å². The zero-order valence-corrected chi connectivity index (χ0v) is 86.1. The summed E-state index contributed by atoms with van der Waals surface area (Å²) >= 11 is 24.8. The first kappa shape index (κ1) is 101. The van der Waals surface area contributed by atoms with E-state index in [0.717, 1.165) is 185 Å². The molecule has 39 nitrogen and oxygen atoms in total. The van der Waals surface area contributed by atoms with E-state index in [1.807, 2.05) is 220 Å². The number of fused-ring (bicyclic) bond motifs is 5. The van der Waals surface area contributed by atoms with E-state index in [9.17, 15) is 22.4 Å². The van der Waals surface area contributed by atoms with Crippen LogP contribution in [0.5, 0.6) is 0 Å². The molecule has 0 spiro atoms. The minimum absolute atomic E-state index is 0.0419. The van der Waals surface area contributed by atoms with Crippen LogP contribution in [0, 0.1) is 67.1 Å². The highest BCUT2D eigenvalue weighted by Crippen LogP contribution is 2.40. The molecule has 5 aliphatic rings. The SMILES string of the molecule is Cc1cc(-c2cnc3ccc(Cl)cn23)nc(N2C[C@@H](C)O[C@@H](c3cn[nH]c3C)C2)n1.Cc1cc(-c2cnc3ccc(Cl)cn23)nc(N2C[C@@H](C)O[C@H](c3cn[nH]c3C)C2)n1.Cc1cc(-c2cnc3ccc(Cl)cn23)nc(N2C[C@@H](c3cn[nH]c3C)O[C@@H](C)C2)n1.Cc1cc(-c2cnc3ccc(Cl)cn23)nc(N2C[C@H](C)O[C@@H](c3cn[nH]c3C)C2)n1.NC(=O)[C@H]1CCCN(c2ncc(F)c(-c3cnc4ccc(C(F)(F)F)cn34)n2)C1. The van der Waals surface area contributed by atoms with E-state index in [1.165, 1.54) is 12.3 Å². The van der Waals surface area contributed by atoms with Gasteiger partial charge in [0.1, 0.15) is 58.3 Å². The van der Waals surface area contributed by atoms with Crippen molar-refractivity contribution in [3.63, 3.8) is 0 Å². The minimum atomic E-state index is -4.55. The fourth-order valence-electron chi connectivity index (χ4n) is 19.2. The minimum Gasteiger partial charge on any atom is -0.369 e. The molecule has 6 N–H and O–H groups in total. The Morgan fingerprint density at radius 3 is 0.940 bits per heavy atom. The van der Waals surface area contributed by atoms with Crippen LogP contribution in [0.3, 0.4) is 0 Å². The predicted octanol–water partition coefficient (Wildman–Crippen LogP) is 17.7. The maximum Gasteiger partial charge on any atom is 0.417 e. The maximum absolute atomic E-state index is 14.5. The third-order valence-electron chi connectivity index (χ3n) is 26.2. The summed E-state index contributed by atoms with van der Waals surface area (Å²) in [4.78, 5) is 90.5. The molecule has 24 rings (SSSR count). The van der Waals surface area contributed by atoms with Crippen LogP contribution in [0.15, 0.2) is 178 Å². The summed E-state index contributed by atoms with van der Waals surface area (Å²) in [6.45, 7) is 30.6. The number of nitrogens with one attached hydrogen (secondary N) is 4. The van der Waals surface area contributed by atoms with Gasteiger partial charge in [0.2, 0.25) is 35.6 Å². The Kier molecular flexibility index (Phi) is 28.9. The van der Waals surface area contributed by atoms with Crippen LogP contribution >= 0.6 is 46.4 Å². The molecule has 5 fully saturated rings. The van der Waals surface area contributed by atoms with Gasteiger partial charge in [-0.25, -0.2) is 79.2 Å². The smallest absolute Gasteiger partial charge is 0.369 e. The van der Waals surface area contributed by atoms with Crippen LogP contribution in [0.4, 0.5) is 47.3 Å². The van der Waals surface area contributed by atoms with Crippen molar-refractivity contribution in [3.05, 3.63) is 277 Å². The zero-order valence-electron chi connectivity index (χ0n) is 83.0. The van der Waals surface area contributed by atoms with Gasteiger partial charge in [-0.05, 0) is 181 Å². The number of nitrogens with two attached hydrogens (primary N) is 1. The number of hydrogen-bond donors (Lipinski definition) is 5. The number of nitrogens with zero attached hydrogens (tertiary/aromatic N) is 29. The molecule has 5 saturated heterocycles. The quantitative estimate of drug-likeness (QED) is 0.0595. The standard InChI is InChI=1S/4C21H22ClN7O.C18H16F4N6O/c4*1-12-6-17(18-8-23-20-5-4-15(22)10-29(18)20)26-21(25-12)28-9-13(2)30-19(11-28)16-7-24-27-14(16)3;19-12-6-25-17(27-5-1-2-10(8-27)16(23)29)26-15(12)13-7-24-14-4-3-11(9-28(13)14)18(20,21)22/h4*4-8,10,13,19H,9,11H2,1-3H3,(H,24,27);3-4,6-7,9-10H,1-2,5,8H2,(H2,23,29)/t2*13-,19+;2*13-,19-;10-/m10100/s1. The molecule has 149 heavy (non-hydrogen) atoms. The van der Waals surface area contributed by atoms with E-state index >= 15 is 0 Å². The van der Waals surface area contributed by atoms with Gasteiger partial charge in [0.25, 0.3) is 0 Å². The van der Waals surface area contributed by atoms with Crippen LogP contribution in [0.25, 0.3) is 85.2 Å². The molecule has 0 bridgehead atoms. The number of carbonyl (C=O) groups is 1. The maximum atomic E-state index is 14.5. The number of hydrogen-bond acceptors (Lipinski definition) is 29. The van der Waals surface area contributed by atoms with Crippen molar-refractivity contribution in [1.82, 2.24) is 138 Å². The molecule has 19 aromatic rings. The van der Waals surface area contributed by atoms with E-state index in [-0.39, 0.29) is 77.7 Å². The van der Waals surface area contributed by atoms with E-state index in [4.69, 9.17) is 111 Å². The Labute approximate surface area is 870 Å². The van der Waals surface area contributed by atoms with Crippen molar-refractivity contribution in [3.8, 4) is 56.9 Å². The molecule has 0 saturated carbocycles. The summed E-state index contributed by atoms with van der Waals surface area (Å²) in [5.41, 5.74) is 26.5. The molecule has 768 valence electrons. The highest BCUT2D eigenvalue weighted by molar-refractivity contribution is 6.31. The van der Waals surface area contributed by atoms with Gasteiger partial charge < -0.3 is 49.2 Å². The topological polar surface area (TPSA) is 426 Å². The average Bonchev–Trinajstić information content (AvgIpc) is 1.68. The summed E-state index contributed by atoms with van der Waals surface area (Å²) in [6, 6.07) is 24.9. The summed E-state index contributed by atoms with van der Waals surface area (Å²) in [5, 5.41) is 31.1. The summed E-state index contributed by atoms with van der Waals surface area (Å²) in [6.07, 6.45) is 21.7. The molecule has 9 atom stereocenters. The van der Waals surface area contributed by atoms with E-state index in [0.29, 0.717) is 96.0 Å². The summed E-state index contributed by atoms with van der Waals surface area (Å²) < 4.78 is 87.4. The number of amides is 1. The zero-order chi connectivity index (χ0) is 104. The van der Waals surface area contributed by atoms with Gasteiger partial charge in [-0.3, -0.25) is 47.2 Å². The van der Waals surface area contributed by atoms with E-state index in [2.05, 4.69) is 123 Å². The molecular weight excluding hydrogens is 2000 g/mol. The first-order chi connectivity index (χ1) is 71.6. The lowest BCUT2D eigenvalue weighted by molar-refractivity contribution is -0.137. The molecular formula is C102H104Cl4F4N34O5. The second-order valence-corrected chi connectivity index (χ2v) is 39.4. The molecule has 0 radical (unpaired) electrons. The van der Waals surface area contributed by atoms with Crippen LogP contribution in [-0.4, -0.2) is 233 Å². The van der Waals surface area contributed by atoms with Crippen LogP contribution in [0.2, 0.25) is 20.1 Å². The van der Waals surface area contributed by atoms with Crippen LogP contribution in [0.1, 0.15) is 138 Å².